The summed E-state index contributed by atoms with van der Waals surface area (Å²) in [4.78, 5) is 4.79. The minimum absolute atomic E-state index is 0.698. The van der Waals surface area contributed by atoms with E-state index >= 15 is 0 Å². The van der Waals surface area contributed by atoms with Gasteiger partial charge in [0.1, 0.15) is 5.82 Å². The van der Waals surface area contributed by atoms with Crippen molar-refractivity contribution in [2.24, 2.45) is 5.92 Å². The predicted molar refractivity (Wildman–Crippen MR) is 66.5 cm³/mol. The van der Waals surface area contributed by atoms with E-state index in [0.717, 1.165) is 32.5 Å². The van der Waals surface area contributed by atoms with E-state index in [9.17, 15) is 0 Å². The Morgan fingerprint density at radius 2 is 2.25 bits per heavy atom. The van der Waals surface area contributed by atoms with Crippen molar-refractivity contribution in [2.75, 3.05) is 6.54 Å². The minimum Gasteiger partial charge on any atom is -0.331 e. The van der Waals surface area contributed by atoms with Crippen LogP contribution < -0.4 is 5.32 Å². The largest absolute Gasteiger partial charge is 0.331 e. The second-order valence-electron chi connectivity index (χ2n) is 5.10. The topological polar surface area (TPSA) is 29.9 Å². The zero-order chi connectivity index (χ0) is 11.5. The third kappa shape index (κ3) is 2.29. The highest BCUT2D eigenvalue weighted by Crippen LogP contribution is 2.18. The van der Waals surface area contributed by atoms with Gasteiger partial charge in [0.2, 0.25) is 0 Å². The molecule has 0 radical (unpaired) electrons. The van der Waals surface area contributed by atoms with Crippen LogP contribution in [0.5, 0.6) is 0 Å². The van der Waals surface area contributed by atoms with Crippen molar-refractivity contribution >= 4 is 0 Å². The summed E-state index contributed by atoms with van der Waals surface area (Å²) in [7, 11) is 0. The molecule has 0 aromatic carbocycles. The van der Waals surface area contributed by atoms with E-state index in [0.29, 0.717) is 5.92 Å². The number of aromatic nitrogens is 2. The number of imidazole rings is 1. The summed E-state index contributed by atoms with van der Waals surface area (Å²) >= 11 is 0. The van der Waals surface area contributed by atoms with Crippen molar-refractivity contribution in [1.29, 1.82) is 0 Å². The first-order valence-corrected chi connectivity index (χ1v) is 6.50. The Kier molecular flexibility index (Phi) is 3.64. The molecular weight excluding hydrogens is 198 g/mol. The first kappa shape index (κ1) is 11.6. The van der Waals surface area contributed by atoms with Gasteiger partial charge in [-0.3, -0.25) is 0 Å². The van der Waals surface area contributed by atoms with E-state index in [1.54, 1.807) is 0 Å². The molecule has 1 aliphatic heterocycles. The summed E-state index contributed by atoms with van der Waals surface area (Å²) in [6.45, 7) is 9.97. The number of nitrogens with zero attached hydrogens (tertiary/aromatic N) is 2. The highest BCUT2D eigenvalue weighted by Gasteiger charge is 2.19. The SMILES string of the molecule is CCCc1nc2c(n1CC(C)C)CCNC2. The molecule has 90 valence electrons. The molecule has 0 aliphatic carbocycles. The van der Waals surface area contributed by atoms with E-state index in [4.69, 9.17) is 4.98 Å². The molecule has 1 N–H and O–H groups in total. The molecule has 3 heteroatoms. The quantitative estimate of drug-likeness (QED) is 0.844. The third-order valence-corrected chi connectivity index (χ3v) is 3.09. The number of rotatable bonds is 4. The van der Waals surface area contributed by atoms with Crippen molar-refractivity contribution in [2.45, 2.75) is 53.1 Å². The Morgan fingerprint density at radius 3 is 2.94 bits per heavy atom. The Morgan fingerprint density at radius 1 is 1.44 bits per heavy atom. The van der Waals surface area contributed by atoms with E-state index in [1.807, 2.05) is 0 Å². The Labute approximate surface area is 98.3 Å². The van der Waals surface area contributed by atoms with Gasteiger partial charge in [0.05, 0.1) is 5.69 Å². The molecule has 2 heterocycles. The molecule has 0 unspecified atom stereocenters. The lowest BCUT2D eigenvalue weighted by Gasteiger charge is -2.17. The molecule has 16 heavy (non-hydrogen) atoms. The second-order valence-corrected chi connectivity index (χ2v) is 5.10. The van der Waals surface area contributed by atoms with Crippen LogP contribution in [-0.2, 0) is 25.9 Å². The van der Waals surface area contributed by atoms with E-state index < -0.39 is 0 Å². The Bertz CT molecular complexity index is 352. The minimum atomic E-state index is 0.698. The van der Waals surface area contributed by atoms with Gasteiger partial charge in [-0.2, -0.15) is 0 Å². The smallest absolute Gasteiger partial charge is 0.109 e. The normalized spacial score (nSPS) is 15.5. The number of hydrogen-bond acceptors (Lipinski definition) is 2. The Balaban J connectivity index is 2.32. The molecular formula is C13H23N3. The first-order valence-electron chi connectivity index (χ1n) is 6.50. The number of fused-ring (bicyclic) bond motifs is 1. The van der Waals surface area contributed by atoms with Crippen molar-refractivity contribution in [1.82, 2.24) is 14.9 Å². The van der Waals surface area contributed by atoms with Gasteiger partial charge in [-0.1, -0.05) is 20.8 Å². The van der Waals surface area contributed by atoms with Crippen LogP contribution in [0.3, 0.4) is 0 Å². The summed E-state index contributed by atoms with van der Waals surface area (Å²) in [6.07, 6.45) is 3.43. The highest BCUT2D eigenvalue weighted by atomic mass is 15.1. The third-order valence-electron chi connectivity index (χ3n) is 3.09. The maximum atomic E-state index is 4.79. The van der Waals surface area contributed by atoms with Crippen LogP contribution in [0.25, 0.3) is 0 Å². The molecule has 0 spiro atoms. The van der Waals surface area contributed by atoms with Gasteiger partial charge in [0, 0.05) is 38.2 Å². The fourth-order valence-corrected chi connectivity index (χ4v) is 2.42. The molecule has 3 nitrogen and oxygen atoms in total. The first-order chi connectivity index (χ1) is 7.72. The fraction of sp³-hybridized carbons (Fsp3) is 0.769. The summed E-state index contributed by atoms with van der Waals surface area (Å²) in [5.74, 6) is 1.99. The highest BCUT2D eigenvalue weighted by molar-refractivity contribution is 5.20. The van der Waals surface area contributed by atoms with Gasteiger partial charge < -0.3 is 9.88 Å². The lowest BCUT2D eigenvalue weighted by Crippen LogP contribution is -2.25. The van der Waals surface area contributed by atoms with Crippen LogP contribution in [0.2, 0.25) is 0 Å². The number of aryl methyl sites for hydroxylation is 1. The monoisotopic (exact) mass is 221 g/mol. The molecule has 0 bridgehead atoms. The summed E-state index contributed by atoms with van der Waals surface area (Å²) < 4.78 is 2.48. The predicted octanol–water partition coefficient (Wildman–Crippen LogP) is 2.14. The molecule has 1 aliphatic rings. The fourth-order valence-electron chi connectivity index (χ4n) is 2.42. The van der Waals surface area contributed by atoms with E-state index in [1.165, 1.54) is 23.6 Å². The van der Waals surface area contributed by atoms with Gasteiger partial charge in [0.15, 0.2) is 0 Å². The van der Waals surface area contributed by atoms with Gasteiger partial charge in [-0.15, -0.1) is 0 Å². The van der Waals surface area contributed by atoms with Crippen LogP contribution >= 0.6 is 0 Å². The molecule has 0 fully saturated rings. The van der Waals surface area contributed by atoms with Crippen molar-refractivity contribution in [3.63, 3.8) is 0 Å². The van der Waals surface area contributed by atoms with Crippen LogP contribution in [0, 0.1) is 5.92 Å². The van der Waals surface area contributed by atoms with Gasteiger partial charge in [-0.25, -0.2) is 4.98 Å². The molecule has 1 aromatic rings. The standard InChI is InChI=1S/C13H23N3/c1-4-5-13-15-11-8-14-7-6-12(11)16(13)9-10(2)3/h10,14H,4-9H2,1-3H3. The molecule has 2 rings (SSSR count). The van der Waals surface area contributed by atoms with Crippen LogP contribution in [-0.4, -0.2) is 16.1 Å². The molecule has 0 atom stereocenters. The average molecular weight is 221 g/mol. The van der Waals surface area contributed by atoms with Crippen molar-refractivity contribution < 1.29 is 0 Å². The van der Waals surface area contributed by atoms with Crippen LogP contribution in [0.4, 0.5) is 0 Å². The van der Waals surface area contributed by atoms with Gasteiger partial charge in [-0.05, 0) is 12.3 Å². The Hall–Kier alpha value is -0.830. The van der Waals surface area contributed by atoms with Crippen molar-refractivity contribution in [3.8, 4) is 0 Å². The molecule has 0 amide bonds. The number of hydrogen-bond donors (Lipinski definition) is 1. The summed E-state index contributed by atoms with van der Waals surface area (Å²) in [6, 6.07) is 0. The van der Waals surface area contributed by atoms with Crippen molar-refractivity contribution in [3.05, 3.63) is 17.2 Å². The lowest BCUT2D eigenvalue weighted by molar-refractivity contribution is 0.484. The van der Waals surface area contributed by atoms with Gasteiger partial charge in [0.25, 0.3) is 0 Å². The maximum absolute atomic E-state index is 4.79. The molecule has 0 saturated carbocycles. The lowest BCUT2D eigenvalue weighted by atomic mass is 10.1. The van der Waals surface area contributed by atoms with E-state index in [-0.39, 0.29) is 0 Å². The van der Waals surface area contributed by atoms with Crippen LogP contribution in [0.1, 0.15) is 44.4 Å². The average Bonchev–Trinajstić information content (AvgIpc) is 2.57. The maximum Gasteiger partial charge on any atom is 0.109 e. The van der Waals surface area contributed by atoms with Gasteiger partial charge >= 0.3 is 0 Å². The van der Waals surface area contributed by atoms with Crippen LogP contribution in [0.15, 0.2) is 0 Å². The summed E-state index contributed by atoms with van der Waals surface area (Å²) in [5, 5.41) is 3.40. The zero-order valence-corrected chi connectivity index (χ0v) is 10.7. The molecule has 1 aromatic heterocycles. The number of nitrogens with one attached hydrogen (secondary N) is 1. The summed E-state index contributed by atoms with van der Waals surface area (Å²) in [5.41, 5.74) is 2.77. The second kappa shape index (κ2) is 5.00. The zero-order valence-electron chi connectivity index (χ0n) is 10.7. The van der Waals surface area contributed by atoms with E-state index in [2.05, 4.69) is 30.7 Å². The molecule has 0 saturated heterocycles.